The van der Waals surface area contributed by atoms with Crippen LogP contribution in [0.1, 0.15) is 11.1 Å². The Hall–Kier alpha value is -0.360. The van der Waals surface area contributed by atoms with Crippen molar-refractivity contribution in [2.75, 3.05) is 6.61 Å². The first-order valence-corrected chi connectivity index (χ1v) is 4.83. The van der Waals surface area contributed by atoms with Crippen molar-refractivity contribution in [1.29, 1.82) is 0 Å². The van der Waals surface area contributed by atoms with E-state index in [1.165, 1.54) is 0 Å². The van der Waals surface area contributed by atoms with Crippen LogP contribution in [-0.2, 0) is 17.8 Å². The van der Waals surface area contributed by atoms with Crippen molar-refractivity contribution < 1.29 is 4.74 Å². The number of nitrogens with one attached hydrogen (secondary N) is 1. The van der Waals surface area contributed by atoms with E-state index in [1.807, 2.05) is 6.07 Å². The van der Waals surface area contributed by atoms with Crippen LogP contribution in [0.2, 0.25) is 0 Å². The second kappa shape index (κ2) is 3.18. The van der Waals surface area contributed by atoms with Gasteiger partial charge in [-0.3, -0.25) is 4.79 Å². The van der Waals surface area contributed by atoms with Crippen LogP contribution in [0.3, 0.4) is 0 Å². The molecule has 1 aliphatic heterocycles. The first kappa shape index (κ1) is 8.25. The molecule has 4 heteroatoms. The highest BCUT2D eigenvalue weighted by atomic mass is 127. The fourth-order valence-corrected chi connectivity index (χ4v) is 1.96. The number of hydrogen-bond acceptors (Lipinski definition) is 2. The molecule has 0 aromatic carbocycles. The molecule has 0 fully saturated rings. The number of halogens is 1. The molecule has 2 rings (SSSR count). The van der Waals surface area contributed by atoms with E-state index in [1.54, 1.807) is 0 Å². The van der Waals surface area contributed by atoms with Crippen LogP contribution >= 0.6 is 22.6 Å². The monoisotopic (exact) mass is 277 g/mol. The SMILES string of the molecule is O=c1[nH]c(I)cc2c1COCC2. The van der Waals surface area contributed by atoms with Gasteiger partial charge in [-0.05, 0) is 40.6 Å². The van der Waals surface area contributed by atoms with E-state index < -0.39 is 0 Å². The molecule has 0 saturated carbocycles. The molecule has 3 nitrogen and oxygen atoms in total. The van der Waals surface area contributed by atoms with Crippen molar-refractivity contribution >= 4 is 22.6 Å². The summed E-state index contributed by atoms with van der Waals surface area (Å²) in [5.41, 5.74) is 1.92. The molecule has 0 unspecified atom stereocenters. The quantitative estimate of drug-likeness (QED) is 0.569. The van der Waals surface area contributed by atoms with Gasteiger partial charge in [0.2, 0.25) is 0 Å². The number of pyridine rings is 1. The molecule has 1 N–H and O–H groups in total. The molecule has 1 aliphatic rings. The number of fused-ring (bicyclic) bond motifs is 1. The zero-order chi connectivity index (χ0) is 8.55. The summed E-state index contributed by atoms with van der Waals surface area (Å²) in [7, 11) is 0. The van der Waals surface area contributed by atoms with Crippen molar-refractivity contribution in [3.05, 3.63) is 31.2 Å². The van der Waals surface area contributed by atoms with Gasteiger partial charge in [0.1, 0.15) is 0 Å². The summed E-state index contributed by atoms with van der Waals surface area (Å²) in [6.45, 7) is 1.19. The van der Waals surface area contributed by atoms with Gasteiger partial charge in [-0.15, -0.1) is 0 Å². The second-order valence-electron chi connectivity index (χ2n) is 2.75. The Kier molecular flexibility index (Phi) is 2.18. The molecule has 1 aromatic heterocycles. The van der Waals surface area contributed by atoms with Crippen molar-refractivity contribution in [3.8, 4) is 0 Å². The summed E-state index contributed by atoms with van der Waals surface area (Å²) in [6, 6.07) is 2.01. The normalized spacial score (nSPS) is 15.8. The highest BCUT2D eigenvalue weighted by molar-refractivity contribution is 14.1. The van der Waals surface area contributed by atoms with Crippen LogP contribution in [0.15, 0.2) is 10.9 Å². The Morgan fingerprint density at radius 3 is 3.25 bits per heavy atom. The maximum absolute atomic E-state index is 11.3. The lowest BCUT2D eigenvalue weighted by Gasteiger charge is -2.14. The van der Waals surface area contributed by atoms with E-state index in [4.69, 9.17) is 4.74 Å². The van der Waals surface area contributed by atoms with Gasteiger partial charge in [-0.2, -0.15) is 0 Å². The minimum absolute atomic E-state index is 0.00315. The molecule has 0 spiro atoms. The summed E-state index contributed by atoms with van der Waals surface area (Å²) in [6.07, 6.45) is 0.856. The van der Waals surface area contributed by atoms with E-state index in [-0.39, 0.29) is 5.56 Å². The predicted molar refractivity (Wildman–Crippen MR) is 53.1 cm³/mol. The molecule has 2 heterocycles. The fraction of sp³-hybridized carbons (Fsp3) is 0.375. The third-order valence-corrected chi connectivity index (χ3v) is 2.54. The summed E-state index contributed by atoms with van der Waals surface area (Å²) >= 11 is 2.12. The summed E-state index contributed by atoms with van der Waals surface area (Å²) in [5.74, 6) is 0. The smallest absolute Gasteiger partial charge is 0.254 e. The lowest BCUT2D eigenvalue weighted by molar-refractivity contribution is 0.109. The van der Waals surface area contributed by atoms with E-state index in [9.17, 15) is 4.79 Å². The lowest BCUT2D eigenvalue weighted by atomic mass is 10.1. The van der Waals surface area contributed by atoms with Crippen molar-refractivity contribution in [2.24, 2.45) is 0 Å². The third kappa shape index (κ3) is 1.40. The van der Waals surface area contributed by atoms with E-state index >= 15 is 0 Å². The van der Waals surface area contributed by atoms with Gasteiger partial charge in [0, 0.05) is 5.56 Å². The highest BCUT2D eigenvalue weighted by Gasteiger charge is 2.12. The van der Waals surface area contributed by atoms with Gasteiger partial charge >= 0.3 is 0 Å². The van der Waals surface area contributed by atoms with E-state index in [2.05, 4.69) is 27.6 Å². The van der Waals surface area contributed by atoms with E-state index in [0.29, 0.717) is 6.61 Å². The van der Waals surface area contributed by atoms with Crippen molar-refractivity contribution in [2.45, 2.75) is 13.0 Å². The average molecular weight is 277 g/mol. The minimum Gasteiger partial charge on any atom is -0.376 e. The molecular weight excluding hydrogens is 269 g/mol. The number of aromatic amines is 1. The average Bonchev–Trinajstić information content (AvgIpc) is 2.04. The molecule has 0 saturated heterocycles. The molecule has 0 radical (unpaired) electrons. The molecule has 12 heavy (non-hydrogen) atoms. The fourth-order valence-electron chi connectivity index (χ4n) is 1.34. The van der Waals surface area contributed by atoms with Crippen LogP contribution in [0.25, 0.3) is 0 Å². The standard InChI is InChI=1S/C8H8INO2/c9-7-3-5-1-2-12-4-6(5)8(11)10-7/h3H,1-2,4H2,(H,10,11). The molecule has 1 aromatic rings. The van der Waals surface area contributed by atoms with Gasteiger partial charge < -0.3 is 9.72 Å². The van der Waals surface area contributed by atoms with Gasteiger partial charge in [-0.1, -0.05) is 0 Å². The molecule has 0 amide bonds. The Bertz CT molecular complexity index is 359. The first-order chi connectivity index (χ1) is 5.77. The lowest BCUT2D eigenvalue weighted by Crippen LogP contribution is -2.22. The van der Waals surface area contributed by atoms with Gasteiger partial charge in [-0.25, -0.2) is 0 Å². The number of ether oxygens (including phenoxy) is 1. The zero-order valence-corrected chi connectivity index (χ0v) is 8.55. The topological polar surface area (TPSA) is 42.1 Å². The summed E-state index contributed by atoms with van der Waals surface area (Å²) in [5, 5.41) is 0. The Balaban J connectivity index is 2.60. The number of rotatable bonds is 0. The van der Waals surface area contributed by atoms with Gasteiger partial charge in [0.15, 0.2) is 0 Å². The maximum atomic E-state index is 11.3. The highest BCUT2D eigenvalue weighted by Crippen LogP contribution is 2.13. The number of H-pyrrole nitrogens is 1. The Morgan fingerprint density at radius 1 is 1.58 bits per heavy atom. The summed E-state index contributed by atoms with van der Waals surface area (Å²) in [4.78, 5) is 14.1. The molecular formula is C8H8INO2. The van der Waals surface area contributed by atoms with Crippen LogP contribution in [0.4, 0.5) is 0 Å². The van der Waals surface area contributed by atoms with Gasteiger partial charge in [0.05, 0.1) is 16.9 Å². The molecule has 0 bridgehead atoms. The predicted octanol–water partition coefficient (Wildman–Crippen LogP) is 1.05. The second-order valence-corrected chi connectivity index (χ2v) is 3.91. The Morgan fingerprint density at radius 2 is 2.42 bits per heavy atom. The van der Waals surface area contributed by atoms with Crippen LogP contribution < -0.4 is 5.56 Å². The van der Waals surface area contributed by atoms with Gasteiger partial charge in [0.25, 0.3) is 5.56 Å². The van der Waals surface area contributed by atoms with Crippen molar-refractivity contribution in [1.82, 2.24) is 4.98 Å². The minimum atomic E-state index is -0.00315. The first-order valence-electron chi connectivity index (χ1n) is 3.75. The van der Waals surface area contributed by atoms with E-state index in [0.717, 1.165) is 27.9 Å². The molecule has 64 valence electrons. The largest absolute Gasteiger partial charge is 0.376 e. The Labute approximate surface area is 83.3 Å². The number of aromatic nitrogens is 1. The van der Waals surface area contributed by atoms with Crippen molar-refractivity contribution in [3.63, 3.8) is 0 Å². The molecule has 0 aliphatic carbocycles. The van der Waals surface area contributed by atoms with Crippen LogP contribution in [0, 0.1) is 3.70 Å². The third-order valence-electron chi connectivity index (χ3n) is 1.96. The summed E-state index contributed by atoms with van der Waals surface area (Å²) < 4.78 is 6.10. The van der Waals surface area contributed by atoms with Crippen LogP contribution in [-0.4, -0.2) is 11.6 Å². The maximum Gasteiger partial charge on any atom is 0.254 e. The van der Waals surface area contributed by atoms with Crippen LogP contribution in [0.5, 0.6) is 0 Å². The zero-order valence-electron chi connectivity index (χ0n) is 6.39. The molecule has 0 atom stereocenters. The number of hydrogen-bond donors (Lipinski definition) is 1.